The molecule has 0 fully saturated rings. The standard InChI is InChI=1S/C14H14FNO2/c15-12-7-10(8-16)5-6-14(12)18-13-4-2-1-3-11(13)9-17/h1-7,17H,8-9,16H2. The fraction of sp³-hybridized carbons (Fsp3) is 0.143. The molecule has 0 amide bonds. The van der Waals surface area contributed by atoms with E-state index in [-0.39, 0.29) is 18.9 Å². The monoisotopic (exact) mass is 247 g/mol. The molecule has 2 aromatic rings. The SMILES string of the molecule is NCc1ccc(Oc2ccccc2CO)c(F)c1. The number of hydrogen-bond donors (Lipinski definition) is 2. The fourth-order valence-corrected chi connectivity index (χ4v) is 1.61. The van der Waals surface area contributed by atoms with Gasteiger partial charge in [0, 0.05) is 12.1 Å². The van der Waals surface area contributed by atoms with Crippen LogP contribution in [0.5, 0.6) is 11.5 Å². The zero-order valence-electron chi connectivity index (χ0n) is 9.77. The third-order valence-electron chi connectivity index (χ3n) is 2.59. The molecule has 2 aromatic carbocycles. The Kier molecular flexibility index (Phi) is 3.92. The molecule has 0 atom stereocenters. The van der Waals surface area contributed by atoms with Crippen molar-refractivity contribution in [1.82, 2.24) is 0 Å². The molecular formula is C14H14FNO2. The number of hydrogen-bond acceptors (Lipinski definition) is 3. The first-order valence-electron chi connectivity index (χ1n) is 5.59. The molecule has 0 saturated carbocycles. The number of nitrogens with two attached hydrogens (primary N) is 1. The maximum Gasteiger partial charge on any atom is 0.166 e. The summed E-state index contributed by atoms with van der Waals surface area (Å²) < 4.78 is 19.2. The lowest BCUT2D eigenvalue weighted by molar-refractivity contribution is 0.276. The van der Waals surface area contributed by atoms with Crippen molar-refractivity contribution >= 4 is 0 Å². The number of ether oxygens (including phenoxy) is 1. The van der Waals surface area contributed by atoms with Crippen LogP contribution in [0.15, 0.2) is 42.5 Å². The van der Waals surface area contributed by atoms with Gasteiger partial charge in [0.05, 0.1) is 6.61 Å². The summed E-state index contributed by atoms with van der Waals surface area (Å²) in [5, 5.41) is 9.16. The summed E-state index contributed by atoms with van der Waals surface area (Å²) in [5.41, 5.74) is 6.74. The quantitative estimate of drug-likeness (QED) is 0.873. The summed E-state index contributed by atoms with van der Waals surface area (Å²) >= 11 is 0. The highest BCUT2D eigenvalue weighted by Gasteiger charge is 2.08. The van der Waals surface area contributed by atoms with E-state index in [4.69, 9.17) is 15.6 Å². The van der Waals surface area contributed by atoms with Crippen LogP contribution in [0.25, 0.3) is 0 Å². The second-order valence-corrected chi connectivity index (χ2v) is 3.84. The van der Waals surface area contributed by atoms with Gasteiger partial charge in [0.1, 0.15) is 5.75 Å². The second-order valence-electron chi connectivity index (χ2n) is 3.84. The highest BCUT2D eigenvalue weighted by atomic mass is 19.1. The van der Waals surface area contributed by atoms with Gasteiger partial charge in [-0.3, -0.25) is 0 Å². The fourth-order valence-electron chi connectivity index (χ4n) is 1.61. The van der Waals surface area contributed by atoms with Crippen molar-refractivity contribution in [3.8, 4) is 11.5 Å². The van der Waals surface area contributed by atoms with Crippen LogP contribution in [0.3, 0.4) is 0 Å². The van der Waals surface area contributed by atoms with Gasteiger partial charge < -0.3 is 15.6 Å². The van der Waals surface area contributed by atoms with Gasteiger partial charge in [0.15, 0.2) is 11.6 Å². The number of halogens is 1. The van der Waals surface area contributed by atoms with Crippen LogP contribution in [0, 0.1) is 5.82 Å². The van der Waals surface area contributed by atoms with Crippen molar-refractivity contribution in [2.75, 3.05) is 0 Å². The normalized spacial score (nSPS) is 10.4. The van der Waals surface area contributed by atoms with E-state index in [0.717, 1.165) is 0 Å². The van der Waals surface area contributed by atoms with Crippen LogP contribution in [0.4, 0.5) is 4.39 Å². The number of aliphatic hydroxyl groups is 1. The summed E-state index contributed by atoms with van der Waals surface area (Å²) in [6.07, 6.45) is 0. The predicted molar refractivity (Wildman–Crippen MR) is 66.7 cm³/mol. The summed E-state index contributed by atoms with van der Waals surface area (Å²) in [5.74, 6) is 0.0955. The van der Waals surface area contributed by atoms with Gasteiger partial charge in [0.2, 0.25) is 0 Å². The highest BCUT2D eigenvalue weighted by Crippen LogP contribution is 2.27. The van der Waals surface area contributed by atoms with Crippen LogP contribution < -0.4 is 10.5 Å². The zero-order valence-corrected chi connectivity index (χ0v) is 9.77. The second kappa shape index (κ2) is 5.62. The van der Waals surface area contributed by atoms with E-state index in [2.05, 4.69) is 0 Å². The van der Waals surface area contributed by atoms with E-state index < -0.39 is 5.82 Å². The lowest BCUT2D eigenvalue weighted by Crippen LogP contribution is -1.98. The van der Waals surface area contributed by atoms with E-state index in [0.29, 0.717) is 16.9 Å². The van der Waals surface area contributed by atoms with E-state index in [9.17, 15) is 4.39 Å². The molecule has 3 N–H and O–H groups in total. The van der Waals surface area contributed by atoms with Gasteiger partial charge >= 0.3 is 0 Å². The van der Waals surface area contributed by atoms with Crippen LogP contribution in [0.2, 0.25) is 0 Å². The molecule has 0 aliphatic heterocycles. The summed E-state index contributed by atoms with van der Waals surface area (Å²) in [4.78, 5) is 0. The third-order valence-corrected chi connectivity index (χ3v) is 2.59. The molecule has 0 aliphatic carbocycles. The van der Waals surface area contributed by atoms with Gasteiger partial charge in [-0.25, -0.2) is 4.39 Å². The van der Waals surface area contributed by atoms with Crippen molar-refractivity contribution in [1.29, 1.82) is 0 Å². The highest BCUT2D eigenvalue weighted by molar-refractivity contribution is 5.38. The molecule has 0 saturated heterocycles. The molecule has 94 valence electrons. The Bertz CT molecular complexity index is 543. The first kappa shape index (κ1) is 12.5. The number of benzene rings is 2. The minimum Gasteiger partial charge on any atom is -0.454 e. The average Bonchev–Trinajstić information content (AvgIpc) is 2.41. The minimum atomic E-state index is -0.467. The van der Waals surface area contributed by atoms with Crippen LogP contribution in [-0.4, -0.2) is 5.11 Å². The molecule has 0 bridgehead atoms. The Balaban J connectivity index is 2.28. The van der Waals surface area contributed by atoms with Gasteiger partial charge in [-0.15, -0.1) is 0 Å². The largest absolute Gasteiger partial charge is 0.454 e. The van der Waals surface area contributed by atoms with Gasteiger partial charge in [-0.2, -0.15) is 0 Å². The Labute approximate surface area is 105 Å². The summed E-state index contributed by atoms with van der Waals surface area (Å²) in [7, 11) is 0. The lowest BCUT2D eigenvalue weighted by atomic mass is 10.2. The minimum absolute atomic E-state index is 0.119. The molecule has 0 spiro atoms. The Morgan fingerprint density at radius 1 is 1.11 bits per heavy atom. The summed E-state index contributed by atoms with van der Waals surface area (Å²) in [6.45, 7) is 0.128. The van der Waals surface area contributed by atoms with Crippen LogP contribution in [-0.2, 0) is 13.2 Å². The Morgan fingerprint density at radius 3 is 2.56 bits per heavy atom. The van der Waals surface area contributed by atoms with E-state index in [1.807, 2.05) is 0 Å². The van der Waals surface area contributed by atoms with E-state index in [1.165, 1.54) is 12.1 Å². The maximum atomic E-state index is 13.7. The lowest BCUT2D eigenvalue weighted by Gasteiger charge is -2.10. The average molecular weight is 247 g/mol. The molecule has 0 heterocycles. The first-order valence-corrected chi connectivity index (χ1v) is 5.59. The molecule has 0 aliphatic rings. The maximum absolute atomic E-state index is 13.7. The molecule has 4 heteroatoms. The molecule has 0 unspecified atom stereocenters. The summed E-state index contributed by atoms with van der Waals surface area (Å²) in [6, 6.07) is 11.5. The van der Waals surface area contributed by atoms with Crippen molar-refractivity contribution in [2.45, 2.75) is 13.2 Å². The van der Waals surface area contributed by atoms with Crippen molar-refractivity contribution in [3.63, 3.8) is 0 Å². The topological polar surface area (TPSA) is 55.5 Å². The van der Waals surface area contributed by atoms with Crippen molar-refractivity contribution in [3.05, 3.63) is 59.4 Å². The Hall–Kier alpha value is -1.91. The van der Waals surface area contributed by atoms with E-state index in [1.54, 1.807) is 30.3 Å². The van der Waals surface area contributed by atoms with Crippen LogP contribution in [0.1, 0.15) is 11.1 Å². The molecule has 3 nitrogen and oxygen atoms in total. The van der Waals surface area contributed by atoms with E-state index >= 15 is 0 Å². The Morgan fingerprint density at radius 2 is 1.89 bits per heavy atom. The number of para-hydroxylation sites is 1. The van der Waals surface area contributed by atoms with Gasteiger partial charge in [-0.05, 0) is 23.8 Å². The molecular weight excluding hydrogens is 233 g/mol. The third kappa shape index (κ3) is 2.67. The van der Waals surface area contributed by atoms with Crippen molar-refractivity contribution < 1.29 is 14.2 Å². The van der Waals surface area contributed by atoms with Crippen LogP contribution >= 0.6 is 0 Å². The number of aliphatic hydroxyl groups excluding tert-OH is 1. The molecule has 0 aromatic heterocycles. The predicted octanol–water partition coefficient (Wildman–Crippen LogP) is 2.57. The van der Waals surface area contributed by atoms with Gasteiger partial charge in [-0.1, -0.05) is 24.3 Å². The molecule has 18 heavy (non-hydrogen) atoms. The smallest absolute Gasteiger partial charge is 0.166 e. The first-order chi connectivity index (χ1) is 8.74. The zero-order chi connectivity index (χ0) is 13.0. The molecule has 0 radical (unpaired) electrons. The van der Waals surface area contributed by atoms with Crippen molar-refractivity contribution in [2.24, 2.45) is 5.73 Å². The number of rotatable bonds is 4. The molecule has 2 rings (SSSR count). The van der Waals surface area contributed by atoms with Gasteiger partial charge in [0.25, 0.3) is 0 Å².